The molecule has 9 heteroatoms. The molecule has 1 N–H and O–H groups in total. The van der Waals surface area contributed by atoms with Crippen molar-refractivity contribution in [2.75, 3.05) is 31.4 Å². The Morgan fingerprint density at radius 1 is 1.20 bits per heavy atom. The molecule has 1 amide bonds. The monoisotopic (exact) mass is 450 g/mol. The fraction of sp³-hybridized carbons (Fsp3) is 0.524. The summed E-state index contributed by atoms with van der Waals surface area (Å²) in [6, 6.07) is 5.15. The van der Waals surface area contributed by atoms with Crippen molar-refractivity contribution in [3.8, 4) is 0 Å². The van der Waals surface area contributed by atoms with Crippen molar-refractivity contribution >= 4 is 38.1 Å². The summed E-state index contributed by atoms with van der Waals surface area (Å²) in [5, 5.41) is 3.37. The summed E-state index contributed by atoms with van der Waals surface area (Å²) < 4.78 is 26.5. The Balaban J connectivity index is 1.99. The van der Waals surface area contributed by atoms with Crippen molar-refractivity contribution in [3.63, 3.8) is 0 Å². The van der Waals surface area contributed by atoms with Gasteiger partial charge in [0, 0.05) is 43.9 Å². The molecule has 0 aliphatic heterocycles. The van der Waals surface area contributed by atoms with Crippen LogP contribution in [-0.4, -0.2) is 50.8 Å². The molecule has 1 heterocycles. The lowest BCUT2D eigenvalue weighted by molar-refractivity contribution is 0.102. The molecule has 0 bridgehead atoms. The lowest BCUT2D eigenvalue weighted by Gasteiger charge is -2.34. The summed E-state index contributed by atoms with van der Waals surface area (Å²) in [5.41, 5.74) is 1.09. The van der Waals surface area contributed by atoms with Gasteiger partial charge in [-0.2, -0.15) is 0 Å². The Bertz CT molecular complexity index is 995. The van der Waals surface area contributed by atoms with Gasteiger partial charge in [0.05, 0.1) is 10.5 Å². The van der Waals surface area contributed by atoms with Crippen molar-refractivity contribution in [1.29, 1.82) is 0 Å². The number of anilines is 2. The average molecular weight is 451 g/mol. The van der Waals surface area contributed by atoms with Crippen LogP contribution in [0.2, 0.25) is 0 Å². The normalized spacial score (nSPS) is 15.4. The average Bonchev–Trinajstić information content (AvgIpc) is 3.20. The number of hydrogen-bond acceptors (Lipinski definition) is 6. The second kappa shape index (κ2) is 9.45. The highest BCUT2D eigenvalue weighted by molar-refractivity contribution is 7.89. The minimum Gasteiger partial charge on any atom is -0.371 e. The summed E-state index contributed by atoms with van der Waals surface area (Å²) in [4.78, 5) is 20.8. The van der Waals surface area contributed by atoms with Crippen molar-refractivity contribution < 1.29 is 13.2 Å². The second-order valence-corrected chi connectivity index (χ2v) is 11.1. The second-order valence-electron chi connectivity index (χ2n) is 7.81. The molecule has 0 spiro atoms. The molecule has 1 saturated carbocycles. The Labute approximate surface area is 183 Å². The van der Waals surface area contributed by atoms with Crippen LogP contribution in [0.15, 0.2) is 29.3 Å². The molecular formula is C21H30N4O3S2. The SMILES string of the molecule is CCc1cnc(NC(=O)c2cc(S(=O)(=O)N(C)C)ccc2N(C)C2CCCCC2)s1. The van der Waals surface area contributed by atoms with Crippen LogP contribution in [-0.2, 0) is 16.4 Å². The number of thiazole rings is 1. The van der Waals surface area contributed by atoms with E-state index in [1.807, 2.05) is 14.0 Å². The Morgan fingerprint density at radius 3 is 2.50 bits per heavy atom. The number of aryl methyl sites for hydroxylation is 1. The fourth-order valence-electron chi connectivity index (χ4n) is 3.73. The molecule has 1 fully saturated rings. The van der Waals surface area contributed by atoms with E-state index in [9.17, 15) is 13.2 Å². The third kappa shape index (κ3) is 4.84. The van der Waals surface area contributed by atoms with Gasteiger partial charge in [0.2, 0.25) is 10.0 Å². The molecule has 1 aromatic carbocycles. The van der Waals surface area contributed by atoms with Gasteiger partial charge in [-0.05, 0) is 37.5 Å². The van der Waals surface area contributed by atoms with Crippen molar-refractivity contribution in [3.05, 3.63) is 34.8 Å². The van der Waals surface area contributed by atoms with Gasteiger partial charge in [-0.25, -0.2) is 17.7 Å². The van der Waals surface area contributed by atoms with Crippen molar-refractivity contribution in [2.45, 2.75) is 56.4 Å². The first kappa shape index (κ1) is 22.7. The van der Waals surface area contributed by atoms with E-state index in [1.54, 1.807) is 18.3 Å². The number of nitrogens with zero attached hydrogens (tertiary/aromatic N) is 3. The Morgan fingerprint density at radius 2 is 1.90 bits per heavy atom. The van der Waals surface area contributed by atoms with Crippen LogP contribution in [0.4, 0.5) is 10.8 Å². The van der Waals surface area contributed by atoms with Gasteiger partial charge >= 0.3 is 0 Å². The van der Waals surface area contributed by atoms with Gasteiger partial charge in [-0.3, -0.25) is 10.1 Å². The zero-order valence-electron chi connectivity index (χ0n) is 18.0. The van der Waals surface area contributed by atoms with Gasteiger partial charge in [-0.15, -0.1) is 11.3 Å². The van der Waals surface area contributed by atoms with Gasteiger partial charge in [0.1, 0.15) is 0 Å². The molecule has 0 unspecified atom stereocenters. The van der Waals surface area contributed by atoms with E-state index in [0.29, 0.717) is 16.7 Å². The summed E-state index contributed by atoms with van der Waals surface area (Å²) in [6.07, 6.45) is 8.32. The molecule has 1 aliphatic carbocycles. The number of sulfonamides is 1. The number of aromatic nitrogens is 1. The molecule has 1 aromatic heterocycles. The summed E-state index contributed by atoms with van der Waals surface area (Å²) in [5.74, 6) is -0.347. The smallest absolute Gasteiger partial charge is 0.259 e. The van der Waals surface area contributed by atoms with Crippen LogP contribution in [0, 0.1) is 0 Å². The largest absolute Gasteiger partial charge is 0.371 e. The predicted octanol–water partition coefficient (Wildman–Crippen LogP) is 3.98. The van der Waals surface area contributed by atoms with E-state index in [2.05, 4.69) is 15.2 Å². The minimum atomic E-state index is -3.65. The highest BCUT2D eigenvalue weighted by Crippen LogP contribution is 2.31. The van der Waals surface area contributed by atoms with E-state index in [1.165, 1.54) is 50.8 Å². The number of nitrogens with one attached hydrogen (secondary N) is 1. The van der Waals surface area contributed by atoms with E-state index in [4.69, 9.17) is 0 Å². The maximum Gasteiger partial charge on any atom is 0.259 e. The lowest BCUT2D eigenvalue weighted by atomic mass is 9.93. The molecule has 0 saturated heterocycles. The molecule has 3 rings (SSSR count). The summed E-state index contributed by atoms with van der Waals surface area (Å²) in [7, 11) is 1.31. The first-order valence-corrected chi connectivity index (χ1v) is 12.5. The van der Waals surface area contributed by atoms with Crippen molar-refractivity contribution in [2.24, 2.45) is 0 Å². The standard InChI is InChI=1S/C21H30N4O3S2/c1-5-16-14-22-21(29-16)23-20(26)18-13-17(30(27,28)24(2)3)11-12-19(18)25(4)15-9-7-6-8-10-15/h11-15H,5-10H2,1-4H3,(H,22,23,26). The van der Waals surface area contributed by atoms with Crippen LogP contribution < -0.4 is 10.2 Å². The molecule has 1 aliphatic rings. The molecule has 2 aromatic rings. The topological polar surface area (TPSA) is 82.6 Å². The van der Waals surface area contributed by atoms with Gasteiger partial charge in [0.15, 0.2) is 5.13 Å². The van der Waals surface area contributed by atoms with E-state index >= 15 is 0 Å². The molecule has 0 atom stereocenters. The van der Waals surface area contributed by atoms with E-state index in [-0.39, 0.29) is 10.8 Å². The van der Waals surface area contributed by atoms with Gasteiger partial charge in [-0.1, -0.05) is 26.2 Å². The molecule has 30 heavy (non-hydrogen) atoms. The highest BCUT2D eigenvalue weighted by atomic mass is 32.2. The molecule has 164 valence electrons. The summed E-state index contributed by atoms with van der Waals surface area (Å²) >= 11 is 1.43. The number of carbonyl (C=O) groups is 1. The molecule has 0 radical (unpaired) electrons. The van der Waals surface area contributed by atoms with E-state index in [0.717, 1.165) is 34.1 Å². The Kier molecular flexibility index (Phi) is 7.15. The number of carbonyl (C=O) groups excluding carboxylic acids is 1. The van der Waals surface area contributed by atoms with Crippen LogP contribution in [0.3, 0.4) is 0 Å². The lowest BCUT2D eigenvalue weighted by Crippen LogP contribution is -2.35. The van der Waals surface area contributed by atoms with Gasteiger partial charge in [0.25, 0.3) is 5.91 Å². The number of hydrogen-bond donors (Lipinski definition) is 1. The first-order chi connectivity index (χ1) is 14.2. The number of amides is 1. The fourth-order valence-corrected chi connectivity index (χ4v) is 5.41. The molecular weight excluding hydrogens is 420 g/mol. The third-order valence-electron chi connectivity index (χ3n) is 5.62. The Hall–Kier alpha value is -1.97. The highest BCUT2D eigenvalue weighted by Gasteiger charge is 2.26. The maximum atomic E-state index is 13.2. The van der Waals surface area contributed by atoms with Gasteiger partial charge < -0.3 is 4.90 Å². The van der Waals surface area contributed by atoms with Crippen LogP contribution in [0.1, 0.15) is 54.3 Å². The van der Waals surface area contributed by atoms with Crippen LogP contribution >= 0.6 is 11.3 Å². The van der Waals surface area contributed by atoms with E-state index < -0.39 is 10.0 Å². The van der Waals surface area contributed by atoms with Crippen molar-refractivity contribution in [1.82, 2.24) is 9.29 Å². The number of rotatable bonds is 7. The zero-order chi connectivity index (χ0) is 21.9. The minimum absolute atomic E-state index is 0.104. The summed E-state index contributed by atoms with van der Waals surface area (Å²) in [6.45, 7) is 2.03. The quantitative estimate of drug-likeness (QED) is 0.690. The predicted molar refractivity (Wildman–Crippen MR) is 122 cm³/mol. The zero-order valence-corrected chi connectivity index (χ0v) is 19.6. The number of benzene rings is 1. The maximum absolute atomic E-state index is 13.2. The first-order valence-electron chi connectivity index (χ1n) is 10.3. The van der Waals surface area contributed by atoms with Crippen LogP contribution in [0.5, 0.6) is 0 Å². The van der Waals surface area contributed by atoms with Crippen LogP contribution in [0.25, 0.3) is 0 Å². The molecule has 7 nitrogen and oxygen atoms in total. The third-order valence-corrected chi connectivity index (χ3v) is 8.48.